The fraction of sp³-hybridized carbons (Fsp3) is 0.511. The lowest BCUT2D eigenvalue weighted by molar-refractivity contribution is -0.139. The van der Waals surface area contributed by atoms with Crippen LogP contribution in [0.25, 0.3) is 0 Å². The van der Waals surface area contributed by atoms with E-state index >= 15 is 4.79 Å². The number of ether oxygens (including phenoxy) is 1. The number of ketones is 1. The lowest BCUT2D eigenvalue weighted by Gasteiger charge is -2.48. The molecule has 8 heteroatoms. The number of fused-ring (bicyclic) bond motifs is 1. The second kappa shape index (κ2) is 15.8. The van der Waals surface area contributed by atoms with Crippen LogP contribution in [0.3, 0.4) is 0 Å². The second-order valence-corrected chi connectivity index (χ2v) is 27.3. The van der Waals surface area contributed by atoms with Crippen LogP contribution in [0.1, 0.15) is 94.6 Å². The number of likely N-dealkylation sites (tertiary alicyclic amines) is 1. The summed E-state index contributed by atoms with van der Waals surface area (Å²) < 4.78 is 21.6. The number of rotatable bonds is 11. The zero-order valence-electron chi connectivity index (χ0n) is 34.2. The van der Waals surface area contributed by atoms with Crippen molar-refractivity contribution in [1.82, 2.24) is 4.90 Å². The van der Waals surface area contributed by atoms with E-state index in [-0.39, 0.29) is 46.7 Å². The van der Waals surface area contributed by atoms with E-state index < -0.39 is 46.2 Å². The minimum Gasteiger partial charge on any atom is -0.503 e. The zero-order chi connectivity index (χ0) is 38.9. The summed E-state index contributed by atoms with van der Waals surface area (Å²) in [5.74, 6) is -1.09. The molecule has 2 saturated heterocycles. The largest absolute Gasteiger partial charge is 0.503 e. The Hall–Kier alpha value is -3.31. The Bertz CT molecular complexity index is 1680. The average Bonchev–Trinajstić information content (AvgIpc) is 3.44. The molecule has 0 aromatic heterocycles. The minimum atomic E-state index is -2.99. The fourth-order valence-corrected chi connectivity index (χ4v) is 19.7. The highest BCUT2D eigenvalue weighted by atomic mass is 28.4. The van der Waals surface area contributed by atoms with Gasteiger partial charge in [0.2, 0.25) is 0 Å². The normalized spacial score (nSPS) is 24.2. The number of Topliss-reactive ketones (excluding diaryl/α,β-unsaturated/α-hetero) is 1. The number of carbonyl (C=O) groups is 2. The molecule has 0 bridgehead atoms. The van der Waals surface area contributed by atoms with Gasteiger partial charge < -0.3 is 13.6 Å². The van der Waals surface area contributed by atoms with Crippen molar-refractivity contribution < 1.29 is 23.2 Å². The second-order valence-electron chi connectivity index (χ2n) is 17.6. The Morgan fingerprint density at radius 3 is 1.77 bits per heavy atom. The van der Waals surface area contributed by atoms with Crippen molar-refractivity contribution in [1.29, 1.82) is 0 Å². The van der Waals surface area contributed by atoms with Gasteiger partial charge in [0.05, 0.1) is 17.9 Å². The van der Waals surface area contributed by atoms with E-state index in [2.05, 4.69) is 131 Å². The van der Waals surface area contributed by atoms with Crippen LogP contribution in [0.4, 0.5) is 4.79 Å². The molecule has 6 nitrogen and oxygen atoms in total. The van der Waals surface area contributed by atoms with E-state index in [1.54, 1.807) is 4.90 Å². The van der Waals surface area contributed by atoms with E-state index in [0.29, 0.717) is 0 Å². The van der Waals surface area contributed by atoms with Crippen molar-refractivity contribution in [2.24, 2.45) is 11.3 Å². The zero-order valence-corrected chi connectivity index (χ0v) is 36.2. The maximum atomic E-state index is 15.2. The Kier molecular flexibility index (Phi) is 12.2. The Labute approximate surface area is 321 Å². The van der Waals surface area contributed by atoms with E-state index in [1.165, 1.54) is 10.4 Å². The van der Waals surface area contributed by atoms with Gasteiger partial charge in [0.1, 0.15) is 12.0 Å². The summed E-state index contributed by atoms with van der Waals surface area (Å²) in [4.78, 5) is 31.8. The Morgan fingerprint density at radius 2 is 1.34 bits per heavy atom. The number of hydrogen-bond acceptors (Lipinski definition) is 5. The summed E-state index contributed by atoms with van der Waals surface area (Å²) >= 11 is 0. The first-order valence-electron chi connectivity index (χ1n) is 19.6. The molecule has 0 N–H and O–H groups in total. The van der Waals surface area contributed by atoms with Gasteiger partial charge in [-0.15, -0.1) is 0 Å². The molecule has 3 aromatic carbocycles. The van der Waals surface area contributed by atoms with Crippen LogP contribution in [-0.2, 0) is 18.4 Å². The van der Waals surface area contributed by atoms with Crippen molar-refractivity contribution in [3.8, 4) is 0 Å². The van der Waals surface area contributed by atoms with Gasteiger partial charge in [-0.3, -0.25) is 9.69 Å². The van der Waals surface area contributed by atoms with Crippen molar-refractivity contribution >= 4 is 38.9 Å². The predicted molar refractivity (Wildman–Crippen MR) is 222 cm³/mol. The molecule has 5 atom stereocenters. The monoisotopic (exact) mass is 753 g/mol. The quantitative estimate of drug-likeness (QED) is 0.144. The first kappa shape index (κ1) is 40.9. The minimum absolute atomic E-state index is 0.0882. The van der Waals surface area contributed by atoms with E-state index in [0.717, 1.165) is 11.1 Å². The van der Waals surface area contributed by atoms with Crippen LogP contribution in [0.15, 0.2) is 103 Å². The standard InChI is InChI=1S/C45H63NO5Si2/c1-13-34(8)41-45(12,30-49-53(44(9,10)11,36-25-19-15-20-26-36)37-27-21-16-22-28-37)39-40(47)38(35-23-17-14-18-24-35)29-46(42(39)50-41)43(48)51-52(31(2)3,32(4)5)33(6)7/h13-28,31-33,38-39,41-42H,29-30H2,1-12H3/b34-13+/t38-,39?,41+,42?,45+/m1/s1. The highest BCUT2D eigenvalue weighted by Gasteiger charge is 2.64. The molecule has 0 spiro atoms. The van der Waals surface area contributed by atoms with Gasteiger partial charge in [0, 0.05) is 18.6 Å². The molecule has 0 aliphatic carbocycles. The molecule has 0 radical (unpaired) electrons. The molecule has 5 rings (SSSR count). The lowest BCUT2D eigenvalue weighted by atomic mass is 9.66. The predicted octanol–water partition coefficient (Wildman–Crippen LogP) is 9.86. The molecule has 2 fully saturated rings. The van der Waals surface area contributed by atoms with Gasteiger partial charge in [-0.1, -0.05) is 166 Å². The summed E-state index contributed by atoms with van der Waals surface area (Å²) in [6.07, 6.45) is 0.446. The van der Waals surface area contributed by atoms with Crippen molar-refractivity contribution in [3.63, 3.8) is 0 Å². The highest BCUT2D eigenvalue weighted by molar-refractivity contribution is 6.99. The summed E-state index contributed by atoms with van der Waals surface area (Å²) in [5.41, 5.74) is 1.75. The van der Waals surface area contributed by atoms with Gasteiger partial charge in [-0.25, -0.2) is 4.79 Å². The molecule has 2 unspecified atom stereocenters. The topological polar surface area (TPSA) is 65.1 Å². The summed E-state index contributed by atoms with van der Waals surface area (Å²) in [6.45, 7) is 26.6. The smallest absolute Gasteiger partial charge is 0.398 e. The number of piperidine rings is 1. The fourth-order valence-electron chi connectivity index (χ4n) is 9.85. The third kappa shape index (κ3) is 7.17. The number of hydrogen-bond donors (Lipinski definition) is 0. The van der Waals surface area contributed by atoms with Gasteiger partial charge in [-0.05, 0) is 57.0 Å². The van der Waals surface area contributed by atoms with Crippen LogP contribution in [0, 0.1) is 11.3 Å². The van der Waals surface area contributed by atoms with Crippen molar-refractivity contribution in [2.45, 2.75) is 123 Å². The van der Waals surface area contributed by atoms with Gasteiger partial charge in [0.15, 0.2) is 0 Å². The maximum Gasteiger partial charge on any atom is 0.398 e. The average molecular weight is 754 g/mol. The molecule has 286 valence electrons. The Balaban J connectivity index is 1.67. The van der Waals surface area contributed by atoms with Crippen LogP contribution >= 0.6 is 0 Å². The third-order valence-electron chi connectivity index (χ3n) is 12.5. The molecule has 1 amide bonds. The summed E-state index contributed by atoms with van der Waals surface area (Å²) in [6, 6.07) is 31.1. The maximum absolute atomic E-state index is 15.2. The lowest BCUT2D eigenvalue weighted by Crippen LogP contribution is -2.68. The molecule has 3 aromatic rings. The van der Waals surface area contributed by atoms with E-state index in [4.69, 9.17) is 13.6 Å². The SMILES string of the molecule is C/C=C(\C)[C@@H]1OC2C(C(=O)[C@@H](c3ccccc3)CN2C(=O)O[Si](C(C)C)(C(C)C)C(C)C)[C@]1(C)CO[Si](c1ccccc1)(c1ccccc1)C(C)(C)C. The summed E-state index contributed by atoms with van der Waals surface area (Å²) in [7, 11) is -5.61. The molecular weight excluding hydrogens is 691 g/mol. The van der Waals surface area contributed by atoms with Crippen LogP contribution in [0.5, 0.6) is 0 Å². The molecule has 2 heterocycles. The number of nitrogens with zero attached hydrogens (tertiary/aromatic N) is 1. The summed E-state index contributed by atoms with van der Waals surface area (Å²) in [5, 5.41) is 2.10. The first-order chi connectivity index (χ1) is 25.0. The number of allylic oxidation sites excluding steroid dienone is 1. The number of carbonyl (C=O) groups excluding carboxylic acids is 2. The number of amides is 1. The molecule has 53 heavy (non-hydrogen) atoms. The molecule has 2 aliphatic rings. The van der Waals surface area contributed by atoms with Crippen LogP contribution in [0.2, 0.25) is 21.7 Å². The van der Waals surface area contributed by atoms with E-state index in [1.807, 2.05) is 49.4 Å². The molecule has 0 saturated carbocycles. The highest BCUT2D eigenvalue weighted by Crippen LogP contribution is 2.54. The van der Waals surface area contributed by atoms with Crippen LogP contribution < -0.4 is 10.4 Å². The molecular formula is C45H63NO5Si2. The number of benzene rings is 3. The van der Waals surface area contributed by atoms with Gasteiger partial charge in [0.25, 0.3) is 16.6 Å². The van der Waals surface area contributed by atoms with Gasteiger partial charge >= 0.3 is 6.09 Å². The van der Waals surface area contributed by atoms with Crippen molar-refractivity contribution in [3.05, 3.63) is 108 Å². The van der Waals surface area contributed by atoms with Crippen molar-refractivity contribution in [2.75, 3.05) is 13.2 Å². The first-order valence-corrected chi connectivity index (χ1v) is 23.6. The third-order valence-corrected chi connectivity index (χ3v) is 23.4. The van der Waals surface area contributed by atoms with E-state index in [9.17, 15) is 4.79 Å². The van der Waals surface area contributed by atoms with Gasteiger partial charge in [-0.2, -0.15) is 0 Å². The Morgan fingerprint density at radius 1 is 0.868 bits per heavy atom. The van der Waals surface area contributed by atoms with Crippen LogP contribution in [-0.4, -0.2) is 58.9 Å². The molecule has 2 aliphatic heterocycles.